The van der Waals surface area contributed by atoms with E-state index in [1.54, 1.807) is 36.5 Å². The van der Waals surface area contributed by atoms with Crippen molar-refractivity contribution in [3.05, 3.63) is 107 Å². The van der Waals surface area contributed by atoms with E-state index >= 15 is 0 Å². The fourth-order valence-electron chi connectivity index (χ4n) is 3.70. The largest absolute Gasteiger partial charge is 0.416 e. The fourth-order valence-corrected chi connectivity index (χ4v) is 4.38. The lowest BCUT2D eigenvalue weighted by atomic mass is 10.0. The quantitative estimate of drug-likeness (QED) is 0.177. The van der Waals surface area contributed by atoms with Crippen molar-refractivity contribution in [2.24, 2.45) is 0 Å². The Balaban J connectivity index is 0.000000165. The van der Waals surface area contributed by atoms with Crippen LogP contribution in [0.5, 0.6) is 0 Å². The highest BCUT2D eigenvalue weighted by molar-refractivity contribution is 8.00. The molecule has 0 unspecified atom stereocenters. The van der Waals surface area contributed by atoms with E-state index in [2.05, 4.69) is 32.9 Å². The third kappa shape index (κ3) is 6.82. The first-order valence-corrected chi connectivity index (χ1v) is 11.9. The van der Waals surface area contributed by atoms with Crippen LogP contribution in [0.15, 0.2) is 83.9 Å². The van der Waals surface area contributed by atoms with Crippen LogP contribution in [0.1, 0.15) is 28.8 Å². The highest BCUT2D eigenvalue weighted by Crippen LogP contribution is 2.32. The van der Waals surface area contributed by atoms with Gasteiger partial charge in [0, 0.05) is 22.3 Å². The first-order chi connectivity index (χ1) is 16.8. The molecule has 5 rings (SSSR count). The molecule has 8 heteroatoms. The smallest absolute Gasteiger partial charge is 0.310 e. The molecule has 0 atom stereocenters. The van der Waals surface area contributed by atoms with E-state index in [0.29, 0.717) is 16.9 Å². The number of pyridine rings is 2. The van der Waals surface area contributed by atoms with Gasteiger partial charge in [-0.3, -0.25) is 4.98 Å². The van der Waals surface area contributed by atoms with Gasteiger partial charge in [-0.05, 0) is 97.3 Å². The van der Waals surface area contributed by atoms with Crippen LogP contribution >= 0.6 is 11.9 Å². The predicted octanol–water partition coefficient (Wildman–Crippen LogP) is 7.90. The molecule has 2 aromatic carbocycles. The minimum atomic E-state index is -4.31. The lowest BCUT2D eigenvalue weighted by Gasteiger charge is -2.08. The summed E-state index contributed by atoms with van der Waals surface area (Å²) in [7, 11) is 0. The van der Waals surface area contributed by atoms with Crippen molar-refractivity contribution in [1.82, 2.24) is 9.97 Å². The highest BCUT2D eigenvalue weighted by atomic mass is 32.2. The maximum Gasteiger partial charge on any atom is 0.416 e. The fraction of sp³-hybridized carbons (Fsp3) is 0.185. The molecule has 2 heterocycles. The monoisotopic (exact) mass is 497 g/mol. The Hall–Kier alpha value is -3.39. The summed E-state index contributed by atoms with van der Waals surface area (Å²) in [6.45, 7) is 1.83. The number of nitrogens with one attached hydrogen (secondary N) is 1. The third-order valence-corrected chi connectivity index (χ3v) is 6.29. The standard InChI is InChI=1S/C14H13FN2S.C13H10F3N/c15-13-5-2-6-14(16-13)17-18-12-8-7-10-3-1-4-11(10)9-12;1-9-5-6-11(8-17-9)10-3-2-4-12(7-10)13(14,15)16/h2,5-9H,1,3-4H2,(H,16,17);2-8H,1H3. The zero-order valence-corrected chi connectivity index (χ0v) is 19.8. The Bertz CT molecular complexity index is 1290. The van der Waals surface area contributed by atoms with Crippen molar-refractivity contribution in [2.45, 2.75) is 37.3 Å². The number of aromatic nitrogens is 2. The summed E-state index contributed by atoms with van der Waals surface area (Å²) < 4.78 is 53.6. The van der Waals surface area contributed by atoms with Crippen molar-refractivity contribution in [1.29, 1.82) is 0 Å². The molecule has 0 saturated carbocycles. The molecule has 0 spiro atoms. The summed E-state index contributed by atoms with van der Waals surface area (Å²) in [5.41, 5.74) is 4.29. The van der Waals surface area contributed by atoms with Crippen LogP contribution in [0.3, 0.4) is 0 Å². The average Bonchev–Trinajstić information content (AvgIpc) is 3.31. The van der Waals surface area contributed by atoms with Gasteiger partial charge >= 0.3 is 6.18 Å². The molecule has 1 aliphatic rings. The lowest BCUT2D eigenvalue weighted by Crippen LogP contribution is -2.04. The molecule has 180 valence electrons. The van der Waals surface area contributed by atoms with E-state index in [1.165, 1.54) is 54.5 Å². The Kier molecular flexibility index (Phi) is 7.70. The van der Waals surface area contributed by atoms with Crippen molar-refractivity contribution in [3.8, 4) is 11.1 Å². The number of hydrogen-bond acceptors (Lipinski definition) is 4. The predicted molar refractivity (Wildman–Crippen MR) is 132 cm³/mol. The molecule has 35 heavy (non-hydrogen) atoms. The number of halogens is 4. The minimum absolute atomic E-state index is 0.463. The van der Waals surface area contributed by atoms with Gasteiger partial charge in [0.15, 0.2) is 0 Å². The summed E-state index contributed by atoms with van der Waals surface area (Å²) in [5, 5.41) is 0. The molecule has 3 nitrogen and oxygen atoms in total. The van der Waals surface area contributed by atoms with E-state index in [0.717, 1.165) is 22.7 Å². The summed E-state index contributed by atoms with van der Waals surface area (Å²) in [6.07, 6.45) is 0.877. The molecule has 2 aromatic heterocycles. The number of nitrogens with zero attached hydrogens (tertiary/aromatic N) is 2. The first kappa shape index (κ1) is 24.7. The van der Waals surface area contributed by atoms with Crippen LogP contribution in [-0.4, -0.2) is 9.97 Å². The van der Waals surface area contributed by atoms with Crippen molar-refractivity contribution in [3.63, 3.8) is 0 Å². The van der Waals surface area contributed by atoms with Crippen LogP contribution in [0, 0.1) is 12.9 Å². The SMILES string of the molecule is Cc1ccc(-c2cccc(C(F)(F)F)c2)cn1.Fc1cccc(NSc2ccc3c(c2)CCC3)n1. The van der Waals surface area contributed by atoms with Gasteiger partial charge in [0.05, 0.1) is 5.56 Å². The molecular formula is C27H23F4N3S. The van der Waals surface area contributed by atoms with Gasteiger partial charge in [0.1, 0.15) is 5.82 Å². The Morgan fingerprint density at radius 2 is 1.66 bits per heavy atom. The van der Waals surface area contributed by atoms with Crippen molar-refractivity contribution >= 4 is 17.8 Å². The Morgan fingerprint density at radius 1 is 0.857 bits per heavy atom. The third-order valence-electron chi connectivity index (χ3n) is 5.49. The van der Waals surface area contributed by atoms with Gasteiger partial charge < -0.3 is 4.72 Å². The van der Waals surface area contributed by atoms with E-state index in [1.807, 2.05) is 6.92 Å². The number of benzene rings is 2. The number of hydrogen-bond donors (Lipinski definition) is 1. The summed E-state index contributed by atoms with van der Waals surface area (Å²) in [4.78, 5) is 8.97. The molecule has 0 aliphatic heterocycles. The van der Waals surface area contributed by atoms with Gasteiger partial charge in [0.25, 0.3) is 0 Å². The van der Waals surface area contributed by atoms with Gasteiger partial charge in [-0.25, -0.2) is 4.98 Å². The maximum atomic E-state index is 12.9. The molecule has 4 aromatic rings. The molecular weight excluding hydrogens is 474 g/mol. The molecule has 1 N–H and O–H groups in total. The summed E-state index contributed by atoms with van der Waals surface area (Å²) >= 11 is 1.47. The topological polar surface area (TPSA) is 37.8 Å². The molecule has 0 fully saturated rings. The van der Waals surface area contributed by atoms with Crippen molar-refractivity contribution in [2.75, 3.05) is 4.72 Å². The number of anilines is 1. The first-order valence-electron chi connectivity index (χ1n) is 11.1. The van der Waals surface area contributed by atoms with Crippen LogP contribution in [0.4, 0.5) is 23.4 Å². The van der Waals surface area contributed by atoms with Crippen LogP contribution in [0.25, 0.3) is 11.1 Å². The molecule has 0 radical (unpaired) electrons. The summed E-state index contributed by atoms with van der Waals surface area (Å²) in [5.74, 6) is 0.0788. The Labute approximate surface area is 205 Å². The van der Waals surface area contributed by atoms with Gasteiger partial charge in [-0.2, -0.15) is 17.6 Å². The van der Waals surface area contributed by atoms with E-state index in [9.17, 15) is 17.6 Å². The molecule has 0 saturated heterocycles. The van der Waals surface area contributed by atoms with E-state index in [4.69, 9.17) is 0 Å². The zero-order chi connectivity index (χ0) is 24.8. The number of fused-ring (bicyclic) bond motifs is 1. The minimum Gasteiger partial charge on any atom is -0.310 e. The van der Waals surface area contributed by atoms with Crippen molar-refractivity contribution < 1.29 is 17.6 Å². The van der Waals surface area contributed by atoms with Gasteiger partial charge in [-0.15, -0.1) is 0 Å². The lowest BCUT2D eigenvalue weighted by molar-refractivity contribution is -0.137. The summed E-state index contributed by atoms with van der Waals surface area (Å²) in [6, 6.07) is 20.0. The number of rotatable bonds is 4. The van der Waals surface area contributed by atoms with Gasteiger partial charge in [0.2, 0.25) is 5.95 Å². The van der Waals surface area contributed by atoms with Crippen LogP contribution in [-0.2, 0) is 19.0 Å². The zero-order valence-electron chi connectivity index (χ0n) is 18.9. The van der Waals surface area contributed by atoms with E-state index in [-0.39, 0.29) is 0 Å². The Morgan fingerprint density at radius 3 is 2.40 bits per heavy atom. The second-order valence-corrected chi connectivity index (χ2v) is 8.98. The second-order valence-electron chi connectivity index (χ2n) is 8.10. The van der Waals surface area contributed by atoms with Crippen LogP contribution < -0.4 is 4.72 Å². The number of aryl methyl sites for hydroxylation is 3. The maximum absolute atomic E-state index is 12.9. The second kappa shape index (κ2) is 10.9. The van der Waals surface area contributed by atoms with E-state index < -0.39 is 17.7 Å². The molecule has 0 amide bonds. The highest BCUT2D eigenvalue weighted by Gasteiger charge is 2.30. The molecule has 1 aliphatic carbocycles. The average molecular weight is 498 g/mol. The van der Waals surface area contributed by atoms with Crippen LogP contribution in [0.2, 0.25) is 0 Å². The van der Waals surface area contributed by atoms with Gasteiger partial charge in [-0.1, -0.05) is 30.3 Å². The normalized spacial score (nSPS) is 12.5. The number of alkyl halides is 3. The molecule has 0 bridgehead atoms.